The Kier molecular flexibility index (Phi) is 14.8. The molecule has 0 fully saturated rings. The monoisotopic (exact) mass is 230 g/mol. The van der Waals surface area contributed by atoms with Gasteiger partial charge >= 0.3 is 0 Å². The third-order valence-electron chi connectivity index (χ3n) is 2.65. The molecule has 0 saturated carbocycles. The van der Waals surface area contributed by atoms with Crippen molar-refractivity contribution in [2.24, 2.45) is 0 Å². The fourth-order valence-electron chi connectivity index (χ4n) is 1.28. The van der Waals surface area contributed by atoms with Gasteiger partial charge in [0.2, 0.25) is 0 Å². The molecule has 0 aliphatic rings. The number of nitrogens with zero attached hydrogens (tertiary/aromatic N) is 2. The van der Waals surface area contributed by atoms with E-state index in [0.717, 1.165) is 0 Å². The van der Waals surface area contributed by atoms with Crippen LogP contribution in [0.2, 0.25) is 0 Å². The maximum atomic E-state index is 2.54. The second-order valence-corrected chi connectivity index (χ2v) is 4.90. The summed E-state index contributed by atoms with van der Waals surface area (Å²) in [5.41, 5.74) is 0. The van der Waals surface area contributed by atoms with E-state index in [-0.39, 0.29) is 0 Å². The highest BCUT2D eigenvalue weighted by Gasteiger charge is 1.98. The van der Waals surface area contributed by atoms with E-state index in [4.69, 9.17) is 0 Å². The lowest BCUT2D eigenvalue weighted by Gasteiger charge is -2.19. The molecule has 0 heterocycles. The van der Waals surface area contributed by atoms with Crippen LogP contribution in [0, 0.1) is 0 Å². The Bertz CT molecular complexity index is 102. The normalized spacial score (nSPS) is 10.9. The van der Waals surface area contributed by atoms with E-state index in [9.17, 15) is 0 Å². The van der Waals surface area contributed by atoms with Crippen LogP contribution in [-0.2, 0) is 0 Å². The first-order chi connectivity index (χ1) is 7.49. The average Bonchev–Trinajstić information content (AvgIpc) is 2.19. The van der Waals surface area contributed by atoms with Crippen molar-refractivity contribution in [3.63, 3.8) is 0 Å². The molecule has 0 radical (unpaired) electrons. The van der Waals surface area contributed by atoms with E-state index < -0.39 is 0 Å². The van der Waals surface area contributed by atoms with Crippen molar-refractivity contribution in [1.29, 1.82) is 0 Å². The molecule has 2 heteroatoms. The number of hydrogen-bond acceptors (Lipinski definition) is 2. The summed E-state index contributed by atoms with van der Waals surface area (Å²) in [7, 11) is 4.15. The maximum Gasteiger partial charge on any atom is 0.00324 e. The average molecular weight is 230 g/mol. The molecule has 0 aromatic rings. The van der Waals surface area contributed by atoms with Crippen molar-refractivity contribution in [2.75, 3.05) is 33.7 Å². The molecule has 2 nitrogen and oxygen atoms in total. The van der Waals surface area contributed by atoms with Crippen LogP contribution in [0.4, 0.5) is 0 Å². The molecular weight excluding hydrogens is 196 g/mol. The van der Waals surface area contributed by atoms with Gasteiger partial charge in [0.05, 0.1) is 0 Å². The first-order valence-corrected chi connectivity index (χ1v) is 6.88. The Morgan fingerprint density at radius 2 is 1.00 bits per heavy atom. The van der Waals surface area contributed by atoms with Crippen molar-refractivity contribution in [3.05, 3.63) is 0 Å². The Morgan fingerprint density at radius 1 is 0.750 bits per heavy atom. The zero-order valence-corrected chi connectivity index (χ0v) is 12.7. The zero-order valence-electron chi connectivity index (χ0n) is 12.7. The summed E-state index contributed by atoms with van der Waals surface area (Å²) in [5.74, 6) is 0. The van der Waals surface area contributed by atoms with E-state index >= 15 is 0 Å². The lowest BCUT2D eigenvalue weighted by Crippen LogP contribution is -2.25. The van der Waals surface area contributed by atoms with Crippen molar-refractivity contribution < 1.29 is 0 Å². The second kappa shape index (κ2) is 13.0. The van der Waals surface area contributed by atoms with Crippen molar-refractivity contribution in [2.45, 2.75) is 59.9 Å². The molecule has 0 spiro atoms. The van der Waals surface area contributed by atoms with E-state index in [2.05, 4.69) is 58.5 Å². The SMILES string of the molecule is CC(C)N(C)C.CCCN(CCC)CCC. The lowest BCUT2D eigenvalue weighted by atomic mass is 10.3. The predicted molar refractivity (Wildman–Crippen MR) is 76.1 cm³/mol. The molecule has 0 aliphatic heterocycles. The van der Waals surface area contributed by atoms with Gasteiger partial charge in [-0.15, -0.1) is 0 Å². The van der Waals surface area contributed by atoms with Crippen LogP contribution in [0.15, 0.2) is 0 Å². The summed E-state index contributed by atoms with van der Waals surface area (Å²) in [5, 5.41) is 0. The van der Waals surface area contributed by atoms with Gasteiger partial charge in [-0.1, -0.05) is 20.8 Å². The van der Waals surface area contributed by atoms with Crippen molar-refractivity contribution in [3.8, 4) is 0 Å². The first-order valence-electron chi connectivity index (χ1n) is 6.88. The summed E-state index contributed by atoms with van der Waals surface area (Å²) in [6.45, 7) is 14.9. The minimum Gasteiger partial charge on any atom is -0.307 e. The highest BCUT2D eigenvalue weighted by molar-refractivity contribution is 4.53. The standard InChI is InChI=1S/C9H21N.C5H13N/c1-4-7-10(8-5-2)9-6-3;1-5(2)6(3)4/h4-9H2,1-3H3;5H,1-4H3. The fourth-order valence-corrected chi connectivity index (χ4v) is 1.28. The van der Waals surface area contributed by atoms with E-state index in [0.29, 0.717) is 6.04 Å². The Hall–Kier alpha value is -0.0800. The number of rotatable bonds is 7. The Morgan fingerprint density at radius 3 is 1.12 bits per heavy atom. The van der Waals surface area contributed by atoms with Gasteiger partial charge in [0.1, 0.15) is 0 Å². The minimum absolute atomic E-state index is 0.685. The Labute approximate surface area is 104 Å². The lowest BCUT2D eigenvalue weighted by molar-refractivity contribution is 0.275. The highest BCUT2D eigenvalue weighted by Crippen LogP contribution is 1.94. The van der Waals surface area contributed by atoms with Gasteiger partial charge < -0.3 is 9.80 Å². The minimum atomic E-state index is 0.685. The van der Waals surface area contributed by atoms with Crippen LogP contribution >= 0.6 is 0 Å². The highest BCUT2D eigenvalue weighted by atomic mass is 15.1. The van der Waals surface area contributed by atoms with Crippen LogP contribution < -0.4 is 0 Å². The van der Waals surface area contributed by atoms with Gasteiger partial charge in [-0.3, -0.25) is 0 Å². The largest absolute Gasteiger partial charge is 0.307 e. The maximum absolute atomic E-state index is 2.54. The van der Waals surface area contributed by atoms with E-state index in [1.165, 1.54) is 38.9 Å². The van der Waals surface area contributed by atoms with Gasteiger partial charge in [0.15, 0.2) is 0 Å². The van der Waals surface area contributed by atoms with Crippen LogP contribution in [0.3, 0.4) is 0 Å². The molecule has 16 heavy (non-hydrogen) atoms. The van der Waals surface area contributed by atoms with Crippen LogP contribution in [0.25, 0.3) is 0 Å². The molecule has 0 saturated heterocycles. The van der Waals surface area contributed by atoms with E-state index in [1.807, 2.05) is 0 Å². The van der Waals surface area contributed by atoms with Crippen molar-refractivity contribution in [1.82, 2.24) is 9.80 Å². The molecule has 0 bridgehead atoms. The molecule has 0 rings (SSSR count). The molecule has 0 unspecified atom stereocenters. The van der Waals surface area contributed by atoms with Gasteiger partial charge in [-0.2, -0.15) is 0 Å². The molecule has 100 valence electrons. The second-order valence-electron chi connectivity index (χ2n) is 4.90. The molecular formula is C14H34N2. The topological polar surface area (TPSA) is 6.48 Å². The molecule has 0 aromatic carbocycles. The summed E-state index contributed by atoms with van der Waals surface area (Å²) in [6.07, 6.45) is 3.88. The summed E-state index contributed by atoms with van der Waals surface area (Å²) >= 11 is 0. The zero-order chi connectivity index (χ0) is 13.0. The van der Waals surface area contributed by atoms with Crippen LogP contribution in [-0.4, -0.2) is 49.6 Å². The molecule has 0 N–H and O–H groups in total. The van der Waals surface area contributed by atoms with Gasteiger partial charge in [0.25, 0.3) is 0 Å². The molecule has 0 aromatic heterocycles. The van der Waals surface area contributed by atoms with Gasteiger partial charge in [0, 0.05) is 6.04 Å². The summed E-state index contributed by atoms with van der Waals surface area (Å²) in [6, 6.07) is 0.685. The predicted octanol–water partition coefficient (Wildman–Crippen LogP) is 3.47. The quantitative estimate of drug-likeness (QED) is 0.661. The molecule has 0 aliphatic carbocycles. The van der Waals surface area contributed by atoms with E-state index in [1.54, 1.807) is 0 Å². The summed E-state index contributed by atoms with van der Waals surface area (Å²) in [4.78, 5) is 4.71. The fraction of sp³-hybridized carbons (Fsp3) is 1.00. The first kappa shape index (κ1) is 18.3. The smallest absolute Gasteiger partial charge is 0.00324 e. The molecule has 0 amide bonds. The van der Waals surface area contributed by atoms with Gasteiger partial charge in [-0.05, 0) is 66.8 Å². The third-order valence-corrected chi connectivity index (χ3v) is 2.65. The van der Waals surface area contributed by atoms with Gasteiger partial charge in [-0.25, -0.2) is 0 Å². The Balaban J connectivity index is 0. The van der Waals surface area contributed by atoms with Crippen LogP contribution in [0.1, 0.15) is 53.9 Å². The number of hydrogen-bond donors (Lipinski definition) is 0. The molecule has 0 atom stereocenters. The summed E-state index contributed by atoms with van der Waals surface area (Å²) < 4.78 is 0. The van der Waals surface area contributed by atoms with Crippen molar-refractivity contribution >= 4 is 0 Å². The third kappa shape index (κ3) is 13.9. The van der Waals surface area contributed by atoms with Crippen LogP contribution in [0.5, 0.6) is 0 Å².